The Morgan fingerprint density at radius 3 is 2.62 bits per heavy atom. The molecular weight excluding hydrogens is 378 g/mol. The number of nitrogens with zero attached hydrogens (tertiary/aromatic N) is 3. The summed E-state index contributed by atoms with van der Waals surface area (Å²) in [5, 5.41) is 11.2. The largest absolute Gasteiger partial charge is 0.490 e. The molecule has 1 aliphatic heterocycles. The summed E-state index contributed by atoms with van der Waals surface area (Å²) < 4.78 is 10.4. The Kier molecular flexibility index (Phi) is 7.05. The minimum Gasteiger partial charge on any atom is -0.490 e. The number of hydrogen-bond acceptors (Lipinski definition) is 6. The monoisotopic (exact) mass is 407 g/mol. The number of carbonyl (C=O) groups is 2. The van der Waals surface area contributed by atoms with Crippen LogP contribution in [0, 0.1) is 16.0 Å². The lowest BCUT2D eigenvalue weighted by Gasteiger charge is -2.35. The van der Waals surface area contributed by atoms with Gasteiger partial charge in [-0.25, -0.2) is 4.79 Å². The maximum absolute atomic E-state index is 12.9. The minimum absolute atomic E-state index is 0.110. The Bertz CT molecular complexity index is 774. The topological polar surface area (TPSA) is 102 Å². The SMILES string of the molecule is COc1ccc(C(=O)N2CCCC(CN(C)C(=O)OC(C)(C)C)C2)cc1[N+](=O)[O-]. The van der Waals surface area contributed by atoms with Crippen molar-refractivity contribution in [2.45, 2.75) is 39.2 Å². The van der Waals surface area contributed by atoms with Crippen molar-refractivity contribution in [1.29, 1.82) is 0 Å². The molecule has 0 bridgehead atoms. The predicted octanol–water partition coefficient (Wildman–Crippen LogP) is 3.32. The number of nitro groups is 1. The van der Waals surface area contributed by atoms with Gasteiger partial charge in [-0.15, -0.1) is 0 Å². The molecule has 1 fully saturated rings. The lowest BCUT2D eigenvalue weighted by atomic mass is 9.97. The van der Waals surface area contributed by atoms with Crippen LogP contribution < -0.4 is 4.74 Å². The quantitative estimate of drug-likeness (QED) is 0.548. The summed E-state index contributed by atoms with van der Waals surface area (Å²) in [4.78, 5) is 38.9. The molecule has 9 nitrogen and oxygen atoms in total. The van der Waals surface area contributed by atoms with Gasteiger partial charge in [-0.05, 0) is 51.7 Å². The minimum atomic E-state index is -0.566. The molecule has 1 aliphatic rings. The van der Waals surface area contributed by atoms with Crippen LogP contribution in [0.3, 0.4) is 0 Å². The molecule has 160 valence electrons. The predicted molar refractivity (Wildman–Crippen MR) is 107 cm³/mol. The van der Waals surface area contributed by atoms with E-state index in [-0.39, 0.29) is 28.8 Å². The van der Waals surface area contributed by atoms with Crippen molar-refractivity contribution in [3.05, 3.63) is 33.9 Å². The van der Waals surface area contributed by atoms with Crippen molar-refractivity contribution >= 4 is 17.7 Å². The number of nitro benzene ring substituents is 1. The first-order valence-corrected chi connectivity index (χ1v) is 9.57. The standard InChI is InChI=1S/C20H29N3O6/c1-20(2,3)29-19(25)21(4)12-14-7-6-10-22(13-14)18(24)15-8-9-17(28-5)16(11-15)23(26)27/h8-9,11,14H,6-7,10,12-13H2,1-5H3. The number of carbonyl (C=O) groups excluding carboxylic acids is 2. The second-order valence-corrected chi connectivity index (χ2v) is 8.26. The Balaban J connectivity index is 2.05. The van der Waals surface area contributed by atoms with E-state index in [9.17, 15) is 19.7 Å². The molecular formula is C20H29N3O6. The number of ether oxygens (including phenoxy) is 2. The van der Waals surface area contributed by atoms with Crippen molar-refractivity contribution in [3.8, 4) is 5.75 Å². The summed E-state index contributed by atoms with van der Waals surface area (Å²) >= 11 is 0. The van der Waals surface area contributed by atoms with Gasteiger partial charge < -0.3 is 19.3 Å². The average molecular weight is 407 g/mol. The van der Waals surface area contributed by atoms with Gasteiger partial charge >= 0.3 is 11.8 Å². The zero-order valence-electron chi connectivity index (χ0n) is 17.6. The maximum Gasteiger partial charge on any atom is 0.410 e. The molecule has 2 amide bonds. The molecule has 29 heavy (non-hydrogen) atoms. The van der Waals surface area contributed by atoms with E-state index in [0.717, 1.165) is 12.8 Å². The smallest absolute Gasteiger partial charge is 0.410 e. The summed E-state index contributed by atoms with van der Waals surface area (Å²) in [6.07, 6.45) is 1.29. The molecule has 0 radical (unpaired) electrons. The number of methoxy groups -OCH3 is 1. The van der Waals surface area contributed by atoms with Gasteiger partial charge in [0.2, 0.25) is 0 Å². The van der Waals surface area contributed by atoms with E-state index in [0.29, 0.717) is 19.6 Å². The Hall–Kier alpha value is -2.84. The molecule has 1 heterocycles. The van der Waals surface area contributed by atoms with Gasteiger partial charge in [-0.2, -0.15) is 0 Å². The highest BCUT2D eigenvalue weighted by Crippen LogP contribution is 2.29. The molecule has 1 saturated heterocycles. The Morgan fingerprint density at radius 1 is 1.34 bits per heavy atom. The van der Waals surface area contributed by atoms with Crippen LogP contribution in [0.4, 0.5) is 10.5 Å². The van der Waals surface area contributed by atoms with Gasteiger partial charge in [0.05, 0.1) is 12.0 Å². The third kappa shape index (κ3) is 6.07. The highest BCUT2D eigenvalue weighted by molar-refractivity contribution is 5.95. The molecule has 0 saturated carbocycles. The third-order valence-electron chi connectivity index (χ3n) is 4.67. The number of benzene rings is 1. The van der Waals surface area contributed by atoms with Crippen molar-refractivity contribution in [2.24, 2.45) is 5.92 Å². The van der Waals surface area contributed by atoms with E-state index in [4.69, 9.17) is 9.47 Å². The van der Waals surface area contributed by atoms with Crippen LogP contribution in [-0.4, -0.2) is 66.1 Å². The average Bonchev–Trinajstić information content (AvgIpc) is 2.65. The molecule has 0 spiro atoms. The number of piperidine rings is 1. The normalized spacial score (nSPS) is 16.9. The molecule has 0 aromatic heterocycles. The second kappa shape index (κ2) is 9.11. The number of hydrogen-bond donors (Lipinski definition) is 0. The van der Waals surface area contributed by atoms with Gasteiger partial charge in [-0.3, -0.25) is 14.9 Å². The first-order chi connectivity index (χ1) is 13.5. The summed E-state index contributed by atoms with van der Waals surface area (Å²) in [5.74, 6) is -0.0408. The molecule has 1 aromatic rings. The van der Waals surface area contributed by atoms with Crippen LogP contribution >= 0.6 is 0 Å². The van der Waals surface area contributed by atoms with E-state index >= 15 is 0 Å². The van der Waals surface area contributed by atoms with Crippen molar-refractivity contribution in [2.75, 3.05) is 33.8 Å². The zero-order valence-corrected chi connectivity index (χ0v) is 17.6. The summed E-state index contributed by atoms with van der Waals surface area (Å²) in [6.45, 7) is 6.97. The van der Waals surface area contributed by atoms with E-state index < -0.39 is 16.6 Å². The van der Waals surface area contributed by atoms with Crippen LogP contribution in [0.1, 0.15) is 44.0 Å². The van der Waals surface area contributed by atoms with Gasteiger partial charge in [0.1, 0.15) is 5.60 Å². The third-order valence-corrected chi connectivity index (χ3v) is 4.67. The lowest BCUT2D eigenvalue weighted by molar-refractivity contribution is -0.385. The van der Waals surface area contributed by atoms with Crippen molar-refractivity contribution in [3.63, 3.8) is 0 Å². The maximum atomic E-state index is 12.9. The van der Waals surface area contributed by atoms with E-state index in [1.165, 1.54) is 30.2 Å². The molecule has 1 atom stereocenters. The number of amides is 2. The highest BCUT2D eigenvalue weighted by atomic mass is 16.6. The Morgan fingerprint density at radius 2 is 2.03 bits per heavy atom. The van der Waals surface area contributed by atoms with Crippen LogP contribution in [0.25, 0.3) is 0 Å². The molecule has 0 N–H and O–H groups in total. The van der Waals surface area contributed by atoms with E-state index in [2.05, 4.69) is 0 Å². The van der Waals surface area contributed by atoms with E-state index in [1.54, 1.807) is 11.9 Å². The second-order valence-electron chi connectivity index (χ2n) is 8.26. The van der Waals surface area contributed by atoms with Crippen molar-refractivity contribution in [1.82, 2.24) is 9.80 Å². The fourth-order valence-electron chi connectivity index (χ4n) is 3.35. The highest BCUT2D eigenvalue weighted by Gasteiger charge is 2.29. The number of likely N-dealkylation sites (tertiary alicyclic amines) is 1. The van der Waals surface area contributed by atoms with Crippen molar-refractivity contribution < 1.29 is 24.0 Å². The molecule has 9 heteroatoms. The fourth-order valence-corrected chi connectivity index (χ4v) is 3.35. The van der Waals surface area contributed by atoms with Crippen LogP contribution in [-0.2, 0) is 4.74 Å². The Labute approximate surface area is 170 Å². The van der Waals surface area contributed by atoms with Gasteiger partial charge in [0.15, 0.2) is 5.75 Å². The summed E-state index contributed by atoms with van der Waals surface area (Å²) in [5.41, 5.74) is -0.557. The van der Waals surface area contributed by atoms with Crippen LogP contribution in [0.2, 0.25) is 0 Å². The first-order valence-electron chi connectivity index (χ1n) is 9.57. The molecule has 1 unspecified atom stereocenters. The van der Waals surface area contributed by atoms with Crippen LogP contribution in [0.5, 0.6) is 5.75 Å². The van der Waals surface area contributed by atoms with Gasteiger partial charge in [-0.1, -0.05) is 0 Å². The van der Waals surface area contributed by atoms with Crippen LogP contribution in [0.15, 0.2) is 18.2 Å². The van der Waals surface area contributed by atoms with Gasteiger partial charge in [0.25, 0.3) is 5.91 Å². The molecule has 0 aliphatic carbocycles. The van der Waals surface area contributed by atoms with Gasteiger partial charge in [0, 0.05) is 38.3 Å². The molecule has 1 aromatic carbocycles. The summed E-state index contributed by atoms with van der Waals surface area (Å²) in [7, 11) is 3.03. The number of rotatable bonds is 5. The fraction of sp³-hybridized carbons (Fsp3) is 0.600. The molecule has 2 rings (SSSR count). The zero-order chi connectivity index (χ0) is 21.8. The van der Waals surface area contributed by atoms with E-state index in [1.807, 2.05) is 20.8 Å². The first kappa shape index (κ1) is 22.4. The summed E-state index contributed by atoms with van der Waals surface area (Å²) in [6, 6.07) is 4.21. The lowest BCUT2D eigenvalue weighted by Crippen LogP contribution is -2.45.